The highest BCUT2D eigenvalue weighted by molar-refractivity contribution is 5.69. The number of benzene rings is 1. The van der Waals surface area contributed by atoms with Crippen LogP contribution >= 0.6 is 0 Å². The summed E-state index contributed by atoms with van der Waals surface area (Å²) in [5, 5.41) is 3.37. The van der Waals surface area contributed by atoms with Gasteiger partial charge in [-0.15, -0.1) is 0 Å². The zero-order chi connectivity index (χ0) is 14.7. The van der Waals surface area contributed by atoms with Crippen molar-refractivity contribution in [3.05, 3.63) is 42.2 Å². The third-order valence-corrected chi connectivity index (χ3v) is 3.94. The quantitative estimate of drug-likeness (QED) is 0.848. The summed E-state index contributed by atoms with van der Waals surface area (Å²) in [6.07, 6.45) is 5.06. The van der Waals surface area contributed by atoms with E-state index >= 15 is 0 Å². The molecule has 0 aliphatic carbocycles. The fourth-order valence-corrected chi connectivity index (χ4v) is 2.88. The Morgan fingerprint density at radius 1 is 1.29 bits per heavy atom. The number of aromatic nitrogens is 2. The lowest BCUT2D eigenvalue weighted by atomic mass is 10.1. The molecule has 21 heavy (non-hydrogen) atoms. The van der Waals surface area contributed by atoms with Crippen LogP contribution in [0.3, 0.4) is 0 Å². The van der Waals surface area contributed by atoms with Gasteiger partial charge in [0.05, 0.1) is 0 Å². The van der Waals surface area contributed by atoms with Gasteiger partial charge in [0, 0.05) is 24.3 Å². The Kier molecular flexibility index (Phi) is 4.04. The third-order valence-electron chi connectivity index (χ3n) is 3.94. The van der Waals surface area contributed by atoms with Gasteiger partial charge in [0.25, 0.3) is 0 Å². The minimum atomic E-state index is 0.431. The first kappa shape index (κ1) is 13.9. The number of rotatable bonds is 5. The maximum absolute atomic E-state index is 4.47. The largest absolute Gasteiger partial charge is 0.370 e. The summed E-state index contributed by atoms with van der Waals surface area (Å²) in [4.78, 5) is 11.1. The second-order valence-electron chi connectivity index (χ2n) is 5.59. The Hall–Kier alpha value is -2.10. The van der Waals surface area contributed by atoms with Crippen molar-refractivity contribution in [1.82, 2.24) is 9.97 Å². The Bertz CT molecular complexity index is 611. The smallest absolute Gasteiger partial charge is 0.138 e. The highest BCUT2D eigenvalue weighted by Crippen LogP contribution is 2.37. The number of fused-ring (bicyclic) bond motifs is 1. The minimum Gasteiger partial charge on any atom is -0.370 e. The van der Waals surface area contributed by atoms with Gasteiger partial charge in [-0.1, -0.05) is 31.5 Å². The van der Waals surface area contributed by atoms with Gasteiger partial charge in [0.1, 0.15) is 18.0 Å². The summed E-state index contributed by atoms with van der Waals surface area (Å²) in [6, 6.07) is 11.0. The summed E-state index contributed by atoms with van der Waals surface area (Å²) >= 11 is 0. The number of unbranched alkanes of at least 4 members (excludes halogenated alkanes) is 1. The van der Waals surface area contributed by atoms with E-state index in [1.165, 1.54) is 17.7 Å². The molecule has 4 nitrogen and oxygen atoms in total. The van der Waals surface area contributed by atoms with Crippen molar-refractivity contribution in [2.45, 2.75) is 39.2 Å². The lowest BCUT2D eigenvalue weighted by Gasteiger charge is -2.24. The number of hydrogen-bond donors (Lipinski definition) is 1. The van der Waals surface area contributed by atoms with E-state index in [2.05, 4.69) is 58.3 Å². The lowest BCUT2D eigenvalue weighted by molar-refractivity contribution is 0.749. The van der Waals surface area contributed by atoms with Crippen molar-refractivity contribution in [1.29, 1.82) is 0 Å². The predicted molar refractivity (Wildman–Crippen MR) is 87.2 cm³/mol. The molecule has 1 aliphatic heterocycles. The molecule has 0 fully saturated rings. The second kappa shape index (κ2) is 6.12. The Morgan fingerprint density at radius 3 is 3.00 bits per heavy atom. The number of para-hydroxylation sites is 1. The monoisotopic (exact) mass is 282 g/mol. The molecule has 110 valence electrons. The van der Waals surface area contributed by atoms with Crippen LogP contribution in [-0.4, -0.2) is 22.6 Å². The van der Waals surface area contributed by atoms with Crippen molar-refractivity contribution in [2.75, 3.05) is 16.8 Å². The molecule has 3 rings (SSSR count). The van der Waals surface area contributed by atoms with Gasteiger partial charge in [0.2, 0.25) is 0 Å². The third kappa shape index (κ3) is 2.84. The van der Waals surface area contributed by atoms with Gasteiger partial charge in [-0.2, -0.15) is 0 Å². The fourth-order valence-electron chi connectivity index (χ4n) is 2.88. The Morgan fingerprint density at radius 2 is 2.14 bits per heavy atom. The van der Waals surface area contributed by atoms with E-state index in [9.17, 15) is 0 Å². The first-order valence-corrected chi connectivity index (χ1v) is 7.72. The molecule has 0 saturated carbocycles. The number of nitrogens with zero attached hydrogens (tertiary/aromatic N) is 3. The molecular weight excluding hydrogens is 260 g/mol. The van der Waals surface area contributed by atoms with E-state index in [-0.39, 0.29) is 0 Å². The molecule has 1 aliphatic rings. The van der Waals surface area contributed by atoms with Crippen molar-refractivity contribution in [3.63, 3.8) is 0 Å². The molecule has 1 atom stereocenters. The molecule has 1 aromatic heterocycles. The van der Waals surface area contributed by atoms with Crippen LogP contribution in [0.2, 0.25) is 0 Å². The number of hydrogen-bond acceptors (Lipinski definition) is 4. The highest BCUT2D eigenvalue weighted by atomic mass is 15.2. The van der Waals surface area contributed by atoms with Crippen LogP contribution in [0.15, 0.2) is 36.7 Å². The van der Waals surface area contributed by atoms with Crippen LogP contribution in [0.25, 0.3) is 0 Å². The normalized spacial score (nSPS) is 16.9. The van der Waals surface area contributed by atoms with E-state index in [4.69, 9.17) is 0 Å². The SMILES string of the molecule is CCCCNc1cc(N2c3ccccc3CC2C)ncn1. The van der Waals surface area contributed by atoms with Crippen molar-refractivity contribution >= 4 is 17.3 Å². The molecule has 0 radical (unpaired) electrons. The zero-order valence-corrected chi connectivity index (χ0v) is 12.7. The minimum absolute atomic E-state index is 0.431. The summed E-state index contributed by atoms with van der Waals surface area (Å²) in [5.41, 5.74) is 2.66. The van der Waals surface area contributed by atoms with Crippen LogP contribution < -0.4 is 10.2 Å². The van der Waals surface area contributed by atoms with E-state index in [0.29, 0.717) is 6.04 Å². The van der Waals surface area contributed by atoms with Crippen LogP contribution in [0, 0.1) is 0 Å². The summed E-state index contributed by atoms with van der Waals surface area (Å²) in [5.74, 6) is 1.88. The Balaban J connectivity index is 1.85. The fraction of sp³-hybridized carbons (Fsp3) is 0.412. The van der Waals surface area contributed by atoms with E-state index in [0.717, 1.165) is 31.0 Å². The van der Waals surface area contributed by atoms with Gasteiger partial charge < -0.3 is 10.2 Å². The van der Waals surface area contributed by atoms with Gasteiger partial charge in [-0.25, -0.2) is 9.97 Å². The van der Waals surface area contributed by atoms with Crippen molar-refractivity contribution in [2.24, 2.45) is 0 Å². The number of anilines is 3. The summed E-state index contributed by atoms with van der Waals surface area (Å²) in [6.45, 7) is 5.39. The second-order valence-corrected chi connectivity index (χ2v) is 5.59. The molecule has 1 unspecified atom stereocenters. The Labute approximate surface area is 126 Å². The molecule has 1 aromatic carbocycles. The average Bonchev–Trinajstić information content (AvgIpc) is 2.83. The lowest BCUT2D eigenvalue weighted by Crippen LogP contribution is -2.25. The number of nitrogens with one attached hydrogen (secondary N) is 1. The molecule has 2 heterocycles. The van der Waals surface area contributed by atoms with E-state index in [1.807, 2.05) is 6.07 Å². The summed E-state index contributed by atoms with van der Waals surface area (Å²) in [7, 11) is 0. The molecule has 0 spiro atoms. The standard InChI is InChI=1S/C17H22N4/c1-3-4-9-18-16-11-17(20-12-19-16)21-13(2)10-14-7-5-6-8-15(14)21/h5-8,11-13H,3-4,9-10H2,1-2H3,(H,18,19,20). The van der Waals surface area contributed by atoms with Crippen LogP contribution in [0.5, 0.6) is 0 Å². The van der Waals surface area contributed by atoms with Gasteiger partial charge in [-0.05, 0) is 31.4 Å². The predicted octanol–water partition coefficient (Wildman–Crippen LogP) is 3.77. The first-order valence-electron chi connectivity index (χ1n) is 7.72. The maximum atomic E-state index is 4.47. The molecule has 4 heteroatoms. The average molecular weight is 282 g/mol. The zero-order valence-electron chi connectivity index (χ0n) is 12.7. The molecular formula is C17H22N4. The van der Waals surface area contributed by atoms with Gasteiger partial charge in [-0.3, -0.25) is 0 Å². The van der Waals surface area contributed by atoms with Gasteiger partial charge >= 0.3 is 0 Å². The van der Waals surface area contributed by atoms with Gasteiger partial charge in [0.15, 0.2) is 0 Å². The van der Waals surface area contributed by atoms with Crippen LogP contribution in [0.4, 0.5) is 17.3 Å². The molecule has 0 saturated heterocycles. The van der Waals surface area contributed by atoms with E-state index < -0.39 is 0 Å². The van der Waals surface area contributed by atoms with E-state index in [1.54, 1.807) is 6.33 Å². The first-order chi connectivity index (χ1) is 10.3. The molecule has 0 amide bonds. The molecule has 2 aromatic rings. The van der Waals surface area contributed by atoms with Crippen LogP contribution in [0.1, 0.15) is 32.3 Å². The molecule has 0 bridgehead atoms. The van der Waals surface area contributed by atoms with Crippen molar-refractivity contribution in [3.8, 4) is 0 Å². The van der Waals surface area contributed by atoms with Crippen LogP contribution in [-0.2, 0) is 6.42 Å². The highest BCUT2D eigenvalue weighted by Gasteiger charge is 2.27. The summed E-state index contributed by atoms with van der Waals surface area (Å²) < 4.78 is 0. The molecule has 1 N–H and O–H groups in total. The maximum Gasteiger partial charge on any atom is 0.138 e. The van der Waals surface area contributed by atoms with Crippen molar-refractivity contribution < 1.29 is 0 Å². The topological polar surface area (TPSA) is 41.0 Å².